The van der Waals surface area contributed by atoms with E-state index in [1.54, 1.807) is 13.0 Å². The molecule has 3 aromatic carbocycles. The van der Waals surface area contributed by atoms with Gasteiger partial charge in [0.2, 0.25) is 0 Å². The minimum atomic E-state index is -0.351. The van der Waals surface area contributed by atoms with E-state index >= 15 is 0 Å². The Morgan fingerprint density at radius 3 is 2.48 bits per heavy atom. The Balaban J connectivity index is 2.03. The number of esters is 1. The van der Waals surface area contributed by atoms with Gasteiger partial charge >= 0.3 is 5.97 Å². The quantitative estimate of drug-likeness (QED) is 0.125. The van der Waals surface area contributed by atoms with Crippen LogP contribution >= 0.6 is 11.6 Å². The summed E-state index contributed by atoms with van der Waals surface area (Å²) in [6.45, 7) is 12.4. The monoisotopic (exact) mass is 582 g/mol. The molecule has 0 radical (unpaired) electrons. The highest BCUT2D eigenvalue weighted by Crippen LogP contribution is 2.43. The van der Waals surface area contributed by atoms with Crippen LogP contribution in [0.15, 0.2) is 90.6 Å². The fourth-order valence-corrected chi connectivity index (χ4v) is 5.51. The lowest BCUT2D eigenvalue weighted by molar-refractivity contribution is -0.142. The van der Waals surface area contributed by atoms with E-state index in [0.717, 1.165) is 45.9 Å². The van der Waals surface area contributed by atoms with Crippen molar-refractivity contribution in [3.63, 3.8) is 0 Å². The van der Waals surface area contributed by atoms with E-state index in [0.29, 0.717) is 22.8 Å². The van der Waals surface area contributed by atoms with Crippen LogP contribution in [0.4, 0.5) is 0 Å². The van der Waals surface area contributed by atoms with Gasteiger partial charge in [0.1, 0.15) is 0 Å². The number of hydrogen-bond acceptors (Lipinski definition) is 4. The predicted molar refractivity (Wildman–Crippen MR) is 171 cm³/mol. The number of amides is 1. The fraction of sp³-hybridized carbons (Fsp3) is 0.306. The maximum Gasteiger partial charge on any atom is 0.307 e. The molecule has 0 bridgehead atoms. The van der Waals surface area contributed by atoms with E-state index in [2.05, 4.69) is 55.2 Å². The second-order valence-corrected chi connectivity index (χ2v) is 10.7. The van der Waals surface area contributed by atoms with E-state index < -0.39 is 0 Å². The first-order valence-corrected chi connectivity index (χ1v) is 14.8. The van der Waals surface area contributed by atoms with Gasteiger partial charge in [0, 0.05) is 23.1 Å². The largest absolute Gasteiger partial charge is 0.466 e. The van der Waals surface area contributed by atoms with Crippen LogP contribution in [0.1, 0.15) is 68.2 Å². The fourth-order valence-electron chi connectivity index (χ4n) is 5.38. The van der Waals surface area contributed by atoms with Gasteiger partial charge in [-0.3, -0.25) is 9.59 Å². The minimum Gasteiger partial charge on any atom is -0.466 e. The summed E-state index contributed by atoms with van der Waals surface area (Å²) < 4.78 is 4.92. The van der Waals surface area contributed by atoms with Gasteiger partial charge in [0.05, 0.1) is 24.7 Å². The molecule has 0 saturated carbocycles. The van der Waals surface area contributed by atoms with Gasteiger partial charge in [-0.25, -0.2) is 0 Å². The van der Waals surface area contributed by atoms with Crippen molar-refractivity contribution >= 4 is 34.2 Å². The summed E-state index contributed by atoms with van der Waals surface area (Å²) in [5.74, 6) is -0.660. The third-order valence-corrected chi connectivity index (χ3v) is 7.56. The van der Waals surface area contributed by atoms with E-state index in [1.807, 2.05) is 50.3 Å². The summed E-state index contributed by atoms with van der Waals surface area (Å²) in [5.41, 5.74) is 5.32. The second-order valence-electron chi connectivity index (χ2n) is 10.2. The number of fused-ring (bicyclic) bond motifs is 1. The van der Waals surface area contributed by atoms with Gasteiger partial charge < -0.3 is 10.1 Å². The summed E-state index contributed by atoms with van der Waals surface area (Å²) in [7, 11) is 0. The standard InChI is InChI=1S/C36H39ClN2O3/c1-6-10-31(26(7-2)14-13-25(5)36(41)39-20-19-34(40)42-8-3)35(27-15-17-29(37)18-16-27)32-12-9-11-30-28(23-38)21-24(4)22-33(30)32/h7,9,11-18,21-22,31,35H,5-6,8,10,19-20H2,1-4H3,(H,39,41)/b14-13-,26-7+/t31-,35?/m1/s1. The number of ether oxygens (including phenoxy) is 1. The molecule has 3 rings (SSSR count). The van der Waals surface area contributed by atoms with Gasteiger partial charge in [0.15, 0.2) is 0 Å². The van der Waals surface area contributed by atoms with Gasteiger partial charge in [-0.05, 0) is 90.4 Å². The van der Waals surface area contributed by atoms with E-state index in [-0.39, 0.29) is 36.7 Å². The van der Waals surface area contributed by atoms with Crippen molar-refractivity contribution in [2.24, 2.45) is 5.92 Å². The van der Waals surface area contributed by atoms with E-state index in [9.17, 15) is 14.9 Å². The van der Waals surface area contributed by atoms with Crippen molar-refractivity contribution in [1.29, 1.82) is 5.26 Å². The van der Waals surface area contributed by atoms with Gasteiger partial charge in [0.25, 0.3) is 5.91 Å². The predicted octanol–water partition coefficient (Wildman–Crippen LogP) is 8.35. The molecule has 0 aliphatic carbocycles. The van der Waals surface area contributed by atoms with Gasteiger partial charge in [-0.1, -0.05) is 80.1 Å². The molecule has 0 saturated heterocycles. The van der Waals surface area contributed by atoms with Crippen molar-refractivity contribution in [2.45, 2.75) is 52.9 Å². The number of nitrogens with zero attached hydrogens (tertiary/aromatic N) is 1. The number of nitriles is 1. The molecule has 42 heavy (non-hydrogen) atoms. The summed E-state index contributed by atoms with van der Waals surface area (Å²) in [6, 6.07) is 20.6. The molecule has 0 spiro atoms. The Bertz CT molecular complexity index is 1530. The zero-order chi connectivity index (χ0) is 30.6. The van der Waals surface area contributed by atoms with E-state index in [1.165, 1.54) is 0 Å². The van der Waals surface area contributed by atoms with Crippen LogP contribution < -0.4 is 5.32 Å². The third-order valence-electron chi connectivity index (χ3n) is 7.31. The topological polar surface area (TPSA) is 79.2 Å². The molecule has 0 heterocycles. The lowest BCUT2D eigenvalue weighted by Gasteiger charge is -2.30. The average molecular weight is 583 g/mol. The molecule has 6 heteroatoms. The molecular formula is C36H39ClN2O3. The number of nitrogens with one attached hydrogen (secondary N) is 1. The van der Waals surface area contributed by atoms with E-state index in [4.69, 9.17) is 16.3 Å². The number of benzene rings is 3. The molecule has 5 nitrogen and oxygen atoms in total. The van der Waals surface area contributed by atoms with Crippen LogP contribution in [0.3, 0.4) is 0 Å². The number of rotatable bonds is 13. The highest BCUT2D eigenvalue weighted by molar-refractivity contribution is 6.30. The first kappa shape index (κ1) is 32.4. The van der Waals surface area contributed by atoms with Crippen LogP contribution in [-0.2, 0) is 14.3 Å². The minimum absolute atomic E-state index is 0.0400. The van der Waals surface area contributed by atoms with Crippen LogP contribution in [-0.4, -0.2) is 25.0 Å². The molecule has 1 N–H and O–H groups in total. The molecule has 0 aliphatic heterocycles. The Kier molecular flexibility index (Phi) is 12.1. The molecule has 1 unspecified atom stereocenters. The molecule has 3 aromatic rings. The number of allylic oxidation sites excluding steroid dienone is 3. The summed E-state index contributed by atoms with van der Waals surface area (Å²) >= 11 is 6.30. The van der Waals surface area contributed by atoms with Crippen LogP contribution in [0, 0.1) is 24.2 Å². The highest BCUT2D eigenvalue weighted by Gasteiger charge is 2.28. The number of aryl methyl sites for hydroxylation is 1. The molecular weight excluding hydrogens is 544 g/mol. The van der Waals surface area contributed by atoms with Crippen molar-refractivity contribution in [1.82, 2.24) is 5.32 Å². The lowest BCUT2D eigenvalue weighted by Crippen LogP contribution is -2.27. The molecule has 218 valence electrons. The summed E-state index contributed by atoms with van der Waals surface area (Å²) in [4.78, 5) is 24.3. The first-order chi connectivity index (χ1) is 20.2. The maximum absolute atomic E-state index is 12.7. The smallest absolute Gasteiger partial charge is 0.307 e. The number of halogens is 1. The molecule has 0 aromatic heterocycles. The second kappa shape index (κ2) is 15.7. The van der Waals surface area contributed by atoms with Crippen molar-refractivity contribution in [3.8, 4) is 6.07 Å². The number of hydrogen-bond donors (Lipinski definition) is 1. The Hall–Kier alpha value is -4.14. The Morgan fingerprint density at radius 2 is 1.83 bits per heavy atom. The van der Waals surface area contributed by atoms with Crippen LogP contribution in [0.25, 0.3) is 10.8 Å². The third kappa shape index (κ3) is 8.21. The van der Waals surface area contributed by atoms with Crippen molar-refractivity contribution in [3.05, 3.63) is 118 Å². The van der Waals surface area contributed by atoms with Crippen LogP contribution in [0.2, 0.25) is 5.02 Å². The zero-order valence-corrected chi connectivity index (χ0v) is 25.6. The van der Waals surface area contributed by atoms with Gasteiger partial charge in [-0.2, -0.15) is 5.26 Å². The Labute approximate surface area is 254 Å². The van der Waals surface area contributed by atoms with Crippen molar-refractivity contribution < 1.29 is 14.3 Å². The summed E-state index contributed by atoms with van der Waals surface area (Å²) in [5, 5.41) is 15.3. The molecule has 2 atom stereocenters. The molecule has 0 aliphatic rings. The van der Waals surface area contributed by atoms with Crippen molar-refractivity contribution in [2.75, 3.05) is 13.2 Å². The van der Waals surface area contributed by atoms with Gasteiger partial charge in [-0.15, -0.1) is 0 Å². The number of carbonyl (C=O) groups is 2. The highest BCUT2D eigenvalue weighted by atomic mass is 35.5. The SMILES string of the molecule is C=C(/C=C\C(=C/C)[C@@H](CCC)C(c1ccc(Cl)cc1)c1cccc2c(C#N)cc(C)cc12)C(=O)NCCC(=O)OCC. The normalized spacial score (nSPS) is 13.0. The summed E-state index contributed by atoms with van der Waals surface area (Å²) in [6.07, 6.45) is 7.73. The Morgan fingerprint density at radius 1 is 1.10 bits per heavy atom. The first-order valence-electron chi connectivity index (χ1n) is 14.4. The number of carbonyl (C=O) groups excluding carboxylic acids is 2. The molecule has 0 fully saturated rings. The van der Waals surface area contributed by atoms with Crippen LogP contribution in [0.5, 0.6) is 0 Å². The average Bonchev–Trinajstić information content (AvgIpc) is 2.98. The zero-order valence-electron chi connectivity index (χ0n) is 24.9. The lowest BCUT2D eigenvalue weighted by atomic mass is 9.73. The molecule has 1 amide bonds. The maximum atomic E-state index is 12.7.